The van der Waals surface area contributed by atoms with Crippen LogP contribution >= 0.6 is 0 Å². The molecule has 4 aromatic carbocycles. The third-order valence-corrected chi connectivity index (χ3v) is 8.51. The number of nitrogens with zero attached hydrogens (tertiary/aromatic N) is 7. The molecule has 0 aliphatic heterocycles. The van der Waals surface area contributed by atoms with Gasteiger partial charge in [0.2, 0.25) is 0 Å². The molecule has 0 amide bonds. The smallest absolute Gasteiger partial charge is 0.309 e. The molecule has 0 saturated carbocycles. The Labute approximate surface area is 318 Å². The highest BCUT2D eigenvalue weighted by molar-refractivity contribution is 5.93. The molecule has 0 fully saturated rings. The Morgan fingerprint density at radius 3 is 1.73 bits per heavy atom. The summed E-state index contributed by atoms with van der Waals surface area (Å²) >= 11 is 0. The summed E-state index contributed by atoms with van der Waals surface area (Å²) in [7, 11) is 1.63. The number of hydrogen-bond donors (Lipinski definition) is 1. The van der Waals surface area contributed by atoms with Crippen molar-refractivity contribution in [2.24, 2.45) is 0 Å². The SMILES string of the molecule is COc1ccc(Cc2nn(-c3ccccc3)nc2C(C)=O)cc1.Cc1nc(CCOc2ccc(Cc3nn(-c4ccccc4)nc3CC(=O)O)cc2)c(C)o1. The van der Waals surface area contributed by atoms with Gasteiger partial charge in [0.25, 0.3) is 0 Å². The molecule has 0 aliphatic rings. The monoisotopic (exact) mass is 739 g/mol. The molecule has 0 atom stereocenters. The molecule has 1 N–H and O–H groups in total. The summed E-state index contributed by atoms with van der Waals surface area (Å²) in [6, 6.07) is 34.4. The lowest BCUT2D eigenvalue weighted by molar-refractivity contribution is -0.136. The lowest BCUT2D eigenvalue weighted by atomic mass is 10.1. The molecule has 13 nitrogen and oxygen atoms in total. The zero-order valence-corrected chi connectivity index (χ0v) is 31.0. The number of carbonyl (C=O) groups is 2. The van der Waals surface area contributed by atoms with E-state index in [1.54, 1.807) is 7.11 Å². The van der Waals surface area contributed by atoms with Crippen LogP contribution in [0.15, 0.2) is 114 Å². The summed E-state index contributed by atoms with van der Waals surface area (Å²) in [6.07, 6.45) is 1.52. The number of para-hydroxylation sites is 2. The van der Waals surface area contributed by atoms with E-state index in [1.165, 1.54) is 16.5 Å². The maximum absolute atomic E-state index is 11.9. The molecular weight excluding hydrogens is 699 g/mol. The van der Waals surface area contributed by atoms with Crippen molar-refractivity contribution in [1.82, 2.24) is 35.0 Å². The number of ketones is 1. The van der Waals surface area contributed by atoms with E-state index >= 15 is 0 Å². The number of carboxylic acids is 1. The number of Topliss-reactive ketones (excluding diaryl/α,β-unsaturated/α-hetero) is 1. The molecule has 280 valence electrons. The summed E-state index contributed by atoms with van der Waals surface area (Å²) in [6.45, 7) is 5.74. The van der Waals surface area contributed by atoms with Gasteiger partial charge in [0, 0.05) is 33.1 Å². The number of benzene rings is 4. The van der Waals surface area contributed by atoms with Crippen LogP contribution in [0.2, 0.25) is 0 Å². The zero-order valence-electron chi connectivity index (χ0n) is 31.0. The molecule has 0 spiro atoms. The summed E-state index contributed by atoms with van der Waals surface area (Å²) < 4.78 is 16.4. The summed E-state index contributed by atoms with van der Waals surface area (Å²) in [5, 5.41) is 27.0. The molecule has 55 heavy (non-hydrogen) atoms. The van der Waals surface area contributed by atoms with Crippen molar-refractivity contribution in [3.05, 3.63) is 160 Å². The number of aliphatic carboxylic acids is 1. The molecule has 0 aliphatic carbocycles. The number of ether oxygens (including phenoxy) is 2. The molecule has 3 aromatic heterocycles. The molecule has 0 unspecified atom stereocenters. The fourth-order valence-corrected chi connectivity index (χ4v) is 5.77. The number of aromatic nitrogens is 7. The minimum Gasteiger partial charge on any atom is -0.497 e. The predicted molar refractivity (Wildman–Crippen MR) is 204 cm³/mol. The molecule has 13 heteroatoms. The molecule has 0 bridgehead atoms. The van der Waals surface area contributed by atoms with Gasteiger partial charge >= 0.3 is 5.97 Å². The van der Waals surface area contributed by atoms with Crippen molar-refractivity contribution in [3.63, 3.8) is 0 Å². The Morgan fingerprint density at radius 1 is 0.673 bits per heavy atom. The Kier molecular flexibility index (Phi) is 12.2. The second kappa shape index (κ2) is 17.8. The van der Waals surface area contributed by atoms with Crippen LogP contribution in [0, 0.1) is 13.8 Å². The second-order valence-electron chi connectivity index (χ2n) is 12.6. The van der Waals surface area contributed by atoms with Crippen LogP contribution in [0.3, 0.4) is 0 Å². The Bertz CT molecular complexity index is 2330. The summed E-state index contributed by atoms with van der Waals surface area (Å²) in [4.78, 5) is 30.5. The number of aryl methyl sites for hydroxylation is 2. The average Bonchev–Trinajstić information content (AvgIpc) is 3.89. The molecule has 7 aromatic rings. The summed E-state index contributed by atoms with van der Waals surface area (Å²) in [5.41, 5.74) is 6.74. The van der Waals surface area contributed by atoms with Crippen LogP contribution in [-0.2, 0) is 30.5 Å². The van der Waals surface area contributed by atoms with E-state index in [4.69, 9.17) is 13.9 Å². The van der Waals surface area contributed by atoms with Crippen LogP contribution < -0.4 is 9.47 Å². The van der Waals surface area contributed by atoms with Crippen LogP contribution in [0.1, 0.15) is 63.0 Å². The highest BCUT2D eigenvalue weighted by atomic mass is 16.5. The quantitative estimate of drug-likeness (QED) is 0.117. The molecule has 7 rings (SSSR count). The van der Waals surface area contributed by atoms with Crippen molar-refractivity contribution in [2.75, 3.05) is 13.7 Å². The number of methoxy groups -OCH3 is 1. The third-order valence-electron chi connectivity index (χ3n) is 8.51. The number of carboxylic acid groups (broad SMARTS) is 1. The molecule has 0 radical (unpaired) electrons. The standard InChI is InChI=1S/C24H24N4O4.C18H17N3O2/c1-16-21(25-17(2)32-16)12-13-31-20-10-8-18(9-11-20)14-22-23(15-24(29)30)27-28(26-22)19-6-4-3-5-7-19;1-13(22)18-17(12-14-8-10-16(23-2)11-9-14)19-21(20-18)15-6-4-3-5-7-15/h3-11H,12-15H2,1-2H3,(H,29,30);3-11H,12H2,1-2H3. The zero-order chi connectivity index (χ0) is 38.7. The van der Waals surface area contributed by atoms with Crippen LogP contribution in [0.4, 0.5) is 0 Å². The number of carbonyl (C=O) groups excluding carboxylic acids is 1. The lowest BCUT2D eigenvalue weighted by Crippen LogP contribution is -2.04. The highest BCUT2D eigenvalue weighted by Gasteiger charge is 2.18. The third kappa shape index (κ3) is 10.2. The maximum atomic E-state index is 11.9. The van der Waals surface area contributed by atoms with E-state index in [0.717, 1.165) is 45.5 Å². The number of oxazole rings is 1. The largest absolute Gasteiger partial charge is 0.497 e. The van der Waals surface area contributed by atoms with E-state index in [0.29, 0.717) is 54.5 Å². The van der Waals surface area contributed by atoms with Gasteiger partial charge in [-0.3, -0.25) is 9.59 Å². The van der Waals surface area contributed by atoms with Crippen molar-refractivity contribution in [2.45, 2.75) is 46.5 Å². The first-order valence-corrected chi connectivity index (χ1v) is 17.7. The molecule has 0 saturated heterocycles. The molecule has 3 heterocycles. The van der Waals surface area contributed by atoms with E-state index in [2.05, 4.69) is 25.4 Å². The first kappa shape index (κ1) is 37.9. The highest BCUT2D eigenvalue weighted by Crippen LogP contribution is 2.20. The fraction of sp³-hybridized carbons (Fsp3) is 0.214. The summed E-state index contributed by atoms with van der Waals surface area (Å²) in [5.74, 6) is 2.01. The number of hydrogen-bond acceptors (Lipinski definition) is 10. The van der Waals surface area contributed by atoms with Crippen molar-refractivity contribution in [3.8, 4) is 22.9 Å². The van der Waals surface area contributed by atoms with E-state index in [9.17, 15) is 14.7 Å². The second-order valence-corrected chi connectivity index (χ2v) is 12.6. The van der Waals surface area contributed by atoms with E-state index < -0.39 is 5.97 Å². The lowest BCUT2D eigenvalue weighted by Gasteiger charge is -2.06. The van der Waals surface area contributed by atoms with Crippen molar-refractivity contribution in [1.29, 1.82) is 0 Å². The normalized spacial score (nSPS) is 10.8. The van der Waals surface area contributed by atoms with Crippen molar-refractivity contribution >= 4 is 11.8 Å². The van der Waals surface area contributed by atoms with Crippen LogP contribution in [-0.4, -0.2) is 65.5 Å². The van der Waals surface area contributed by atoms with Gasteiger partial charge in [0.15, 0.2) is 17.4 Å². The van der Waals surface area contributed by atoms with Gasteiger partial charge in [-0.05, 0) is 66.6 Å². The fourth-order valence-electron chi connectivity index (χ4n) is 5.77. The minimum atomic E-state index is -0.937. The minimum absolute atomic E-state index is 0.0873. The van der Waals surface area contributed by atoms with Gasteiger partial charge in [-0.1, -0.05) is 60.7 Å². The predicted octanol–water partition coefficient (Wildman–Crippen LogP) is 6.78. The van der Waals surface area contributed by atoms with Gasteiger partial charge in [-0.25, -0.2) is 4.98 Å². The van der Waals surface area contributed by atoms with Gasteiger partial charge in [0.1, 0.15) is 17.3 Å². The first-order valence-electron chi connectivity index (χ1n) is 17.7. The molecular formula is C42H41N7O6. The van der Waals surface area contributed by atoms with Crippen molar-refractivity contribution < 1.29 is 28.6 Å². The van der Waals surface area contributed by atoms with Gasteiger partial charge in [-0.15, -0.1) is 5.10 Å². The van der Waals surface area contributed by atoms with Gasteiger partial charge in [-0.2, -0.15) is 24.9 Å². The van der Waals surface area contributed by atoms with E-state index in [1.807, 2.05) is 123 Å². The van der Waals surface area contributed by atoms with Crippen LogP contribution in [0.25, 0.3) is 11.4 Å². The average molecular weight is 740 g/mol. The van der Waals surface area contributed by atoms with Crippen LogP contribution in [0.5, 0.6) is 11.5 Å². The maximum Gasteiger partial charge on any atom is 0.309 e. The first-order chi connectivity index (χ1) is 26.6. The Morgan fingerprint density at radius 2 is 1.20 bits per heavy atom. The topological polar surface area (TPSA) is 160 Å². The Balaban J connectivity index is 0.000000197. The number of rotatable bonds is 14. The van der Waals surface area contributed by atoms with Gasteiger partial charge < -0.3 is 19.0 Å². The van der Waals surface area contributed by atoms with E-state index in [-0.39, 0.29) is 12.2 Å². The van der Waals surface area contributed by atoms with Gasteiger partial charge in [0.05, 0.1) is 54.3 Å². The Hall–Kier alpha value is -6.89.